The Kier molecular flexibility index (Phi) is 5.70. The zero-order chi connectivity index (χ0) is 10.9. The van der Waals surface area contributed by atoms with E-state index in [0.29, 0.717) is 12.5 Å². The number of anilines is 1. The number of unbranched alkanes of at least 4 members (excludes halogenated alkanes) is 2. The quantitative estimate of drug-likeness (QED) is 0.668. The minimum absolute atomic E-state index is 0.599. The minimum Gasteiger partial charge on any atom is -0.353 e. The maximum absolute atomic E-state index is 5.37. The fourth-order valence-electron chi connectivity index (χ4n) is 1.34. The predicted molar refractivity (Wildman–Crippen MR) is 62.8 cm³/mol. The highest BCUT2D eigenvalue weighted by Gasteiger charge is 1.96. The summed E-state index contributed by atoms with van der Waals surface area (Å²) in [4.78, 5) is 8.43. The van der Waals surface area contributed by atoms with Gasteiger partial charge in [-0.05, 0) is 18.4 Å². The van der Waals surface area contributed by atoms with Crippen LogP contribution in [0.25, 0.3) is 0 Å². The smallest absolute Gasteiger partial charge is 0.222 e. The molecule has 84 valence electrons. The second kappa shape index (κ2) is 7.17. The molecule has 15 heavy (non-hydrogen) atoms. The molecule has 0 amide bonds. The molecule has 4 nitrogen and oxygen atoms in total. The first-order chi connectivity index (χ1) is 7.36. The number of rotatable bonds is 7. The molecule has 0 aliphatic carbocycles. The first-order valence-electron chi connectivity index (χ1n) is 5.61. The normalized spacial score (nSPS) is 10.3. The van der Waals surface area contributed by atoms with Crippen molar-refractivity contribution in [2.75, 3.05) is 18.4 Å². The van der Waals surface area contributed by atoms with Crippen LogP contribution >= 0.6 is 0 Å². The van der Waals surface area contributed by atoms with Crippen molar-refractivity contribution in [3.05, 3.63) is 18.0 Å². The number of nitrogens with two attached hydrogens (primary N) is 1. The predicted octanol–water partition coefficient (Wildman–Crippen LogP) is 1.58. The molecule has 0 bridgehead atoms. The van der Waals surface area contributed by atoms with Gasteiger partial charge in [0.1, 0.15) is 0 Å². The lowest BCUT2D eigenvalue weighted by Gasteiger charge is -2.03. The van der Waals surface area contributed by atoms with E-state index in [9.17, 15) is 0 Å². The maximum Gasteiger partial charge on any atom is 0.222 e. The first kappa shape index (κ1) is 11.9. The van der Waals surface area contributed by atoms with Crippen molar-refractivity contribution in [2.45, 2.75) is 32.6 Å². The number of nitrogens with one attached hydrogen (secondary N) is 1. The monoisotopic (exact) mass is 208 g/mol. The van der Waals surface area contributed by atoms with Crippen LogP contribution in [0.5, 0.6) is 0 Å². The molecule has 0 aromatic carbocycles. The van der Waals surface area contributed by atoms with Gasteiger partial charge in [-0.15, -0.1) is 0 Å². The van der Waals surface area contributed by atoms with Crippen molar-refractivity contribution in [2.24, 2.45) is 5.73 Å². The second-order valence-corrected chi connectivity index (χ2v) is 3.59. The van der Waals surface area contributed by atoms with Crippen LogP contribution in [-0.2, 0) is 6.42 Å². The Bertz CT molecular complexity index is 258. The molecule has 0 radical (unpaired) electrons. The first-order valence-corrected chi connectivity index (χ1v) is 5.61. The minimum atomic E-state index is 0.599. The van der Waals surface area contributed by atoms with Gasteiger partial charge < -0.3 is 11.1 Å². The van der Waals surface area contributed by atoms with Crippen molar-refractivity contribution >= 4 is 5.95 Å². The SMILES string of the molecule is CCCCCc1cnc(NCCN)nc1. The summed E-state index contributed by atoms with van der Waals surface area (Å²) in [6.45, 7) is 3.52. The number of hydrogen-bond acceptors (Lipinski definition) is 4. The Hall–Kier alpha value is -1.16. The van der Waals surface area contributed by atoms with Crippen LogP contribution in [0.3, 0.4) is 0 Å². The Morgan fingerprint density at radius 3 is 2.60 bits per heavy atom. The lowest BCUT2D eigenvalue weighted by molar-refractivity contribution is 0.714. The number of aryl methyl sites for hydroxylation is 1. The summed E-state index contributed by atoms with van der Waals surface area (Å²) >= 11 is 0. The van der Waals surface area contributed by atoms with Gasteiger partial charge in [0.25, 0.3) is 0 Å². The lowest BCUT2D eigenvalue weighted by atomic mass is 10.1. The molecule has 0 unspecified atom stereocenters. The van der Waals surface area contributed by atoms with E-state index < -0.39 is 0 Å². The van der Waals surface area contributed by atoms with Crippen LogP contribution < -0.4 is 11.1 Å². The van der Waals surface area contributed by atoms with Gasteiger partial charge in [0.15, 0.2) is 0 Å². The molecule has 0 atom stereocenters. The molecule has 0 saturated heterocycles. The fraction of sp³-hybridized carbons (Fsp3) is 0.636. The summed E-state index contributed by atoms with van der Waals surface area (Å²) in [6, 6.07) is 0. The molecular formula is C11H20N4. The Balaban J connectivity index is 2.35. The van der Waals surface area contributed by atoms with Gasteiger partial charge in [0, 0.05) is 25.5 Å². The highest BCUT2D eigenvalue weighted by atomic mass is 15.1. The Morgan fingerprint density at radius 2 is 2.00 bits per heavy atom. The van der Waals surface area contributed by atoms with Crippen molar-refractivity contribution in [1.29, 1.82) is 0 Å². The molecule has 0 saturated carbocycles. The van der Waals surface area contributed by atoms with Crippen molar-refractivity contribution < 1.29 is 0 Å². The van der Waals surface area contributed by atoms with Gasteiger partial charge in [0.2, 0.25) is 5.95 Å². The summed E-state index contributed by atoms with van der Waals surface area (Å²) < 4.78 is 0. The van der Waals surface area contributed by atoms with E-state index >= 15 is 0 Å². The summed E-state index contributed by atoms with van der Waals surface area (Å²) in [7, 11) is 0. The van der Waals surface area contributed by atoms with E-state index in [4.69, 9.17) is 5.73 Å². The van der Waals surface area contributed by atoms with Gasteiger partial charge in [-0.2, -0.15) is 0 Å². The number of hydrogen-bond donors (Lipinski definition) is 2. The zero-order valence-electron chi connectivity index (χ0n) is 9.37. The molecule has 1 rings (SSSR count). The number of aromatic nitrogens is 2. The topological polar surface area (TPSA) is 63.8 Å². The molecule has 0 aliphatic rings. The van der Waals surface area contributed by atoms with Gasteiger partial charge in [-0.1, -0.05) is 19.8 Å². The van der Waals surface area contributed by atoms with Gasteiger partial charge in [0.05, 0.1) is 0 Å². The molecule has 1 aromatic heterocycles. The van der Waals surface area contributed by atoms with Gasteiger partial charge in [-0.3, -0.25) is 0 Å². The molecule has 4 heteroatoms. The third-order valence-electron chi connectivity index (χ3n) is 2.20. The van der Waals surface area contributed by atoms with E-state index in [1.165, 1.54) is 24.8 Å². The van der Waals surface area contributed by atoms with Gasteiger partial charge in [-0.25, -0.2) is 9.97 Å². The van der Waals surface area contributed by atoms with Crippen LogP contribution in [0.2, 0.25) is 0 Å². The van der Waals surface area contributed by atoms with Crippen molar-refractivity contribution in [3.8, 4) is 0 Å². The fourth-order valence-corrected chi connectivity index (χ4v) is 1.34. The molecule has 1 aromatic rings. The lowest BCUT2D eigenvalue weighted by Crippen LogP contribution is -2.14. The Labute approximate surface area is 91.3 Å². The third-order valence-corrected chi connectivity index (χ3v) is 2.20. The summed E-state index contributed by atoms with van der Waals surface area (Å²) in [5, 5.41) is 3.04. The summed E-state index contributed by atoms with van der Waals surface area (Å²) in [5.74, 6) is 0.666. The largest absolute Gasteiger partial charge is 0.353 e. The average molecular weight is 208 g/mol. The molecule has 0 spiro atoms. The van der Waals surface area contributed by atoms with E-state index in [-0.39, 0.29) is 0 Å². The van der Waals surface area contributed by atoms with E-state index in [1.807, 2.05) is 12.4 Å². The van der Waals surface area contributed by atoms with E-state index in [1.54, 1.807) is 0 Å². The summed E-state index contributed by atoms with van der Waals surface area (Å²) in [6.07, 6.45) is 8.59. The van der Waals surface area contributed by atoms with Crippen molar-refractivity contribution in [3.63, 3.8) is 0 Å². The highest BCUT2D eigenvalue weighted by Crippen LogP contribution is 2.05. The average Bonchev–Trinajstić information content (AvgIpc) is 2.28. The summed E-state index contributed by atoms with van der Waals surface area (Å²) in [5.41, 5.74) is 6.58. The Morgan fingerprint density at radius 1 is 1.27 bits per heavy atom. The van der Waals surface area contributed by atoms with Crippen LogP contribution in [0.15, 0.2) is 12.4 Å². The highest BCUT2D eigenvalue weighted by molar-refractivity contribution is 5.24. The molecule has 0 fully saturated rings. The molecular weight excluding hydrogens is 188 g/mol. The van der Waals surface area contributed by atoms with E-state index in [2.05, 4.69) is 22.2 Å². The molecule has 0 aliphatic heterocycles. The van der Waals surface area contributed by atoms with Gasteiger partial charge >= 0.3 is 0 Å². The third kappa shape index (κ3) is 4.74. The molecule has 1 heterocycles. The standard InChI is InChI=1S/C11H20N4/c1-2-3-4-5-10-8-14-11(15-9-10)13-7-6-12/h8-9H,2-7,12H2,1H3,(H,13,14,15). The maximum atomic E-state index is 5.37. The zero-order valence-corrected chi connectivity index (χ0v) is 9.37. The van der Waals surface area contributed by atoms with Crippen LogP contribution in [-0.4, -0.2) is 23.1 Å². The van der Waals surface area contributed by atoms with Crippen LogP contribution in [0.4, 0.5) is 5.95 Å². The number of nitrogens with zero attached hydrogens (tertiary/aromatic N) is 2. The molecule has 3 N–H and O–H groups in total. The van der Waals surface area contributed by atoms with Crippen LogP contribution in [0.1, 0.15) is 31.7 Å². The second-order valence-electron chi connectivity index (χ2n) is 3.59. The van der Waals surface area contributed by atoms with E-state index in [0.717, 1.165) is 13.0 Å². The van der Waals surface area contributed by atoms with Crippen LogP contribution in [0, 0.1) is 0 Å². The van der Waals surface area contributed by atoms with Crippen molar-refractivity contribution in [1.82, 2.24) is 9.97 Å².